The summed E-state index contributed by atoms with van der Waals surface area (Å²) >= 11 is 1.58. The number of para-hydroxylation sites is 2. The number of carbonyl (C=O) groups is 1. The van der Waals surface area contributed by atoms with Gasteiger partial charge in [0.15, 0.2) is 0 Å². The predicted molar refractivity (Wildman–Crippen MR) is 103 cm³/mol. The first-order valence-corrected chi connectivity index (χ1v) is 9.65. The molecular formula is C18H20N6O2S. The molecule has 4 rings (SSSR count). The molecule has 8 nitrogen and oxygen atoms in total. The quantitative estimate of drug-likeness (QED) is 0.667. The van der Waals surface area contributed by atoms with Gasteiger partial charge in [0.25, 0.3) is 0 Å². The predicted octanol–water partition coefficient (Wildman–Crippen LogP) is 1.76. The Bertz CT molecular complexity index is 902. The molecule has 27 heavy (non-hydrogen) atoms. The van der Waals surface area contributed by atoms with E-state index in [9.17, 15) is 4.79 Å². The standard InChI is InChI=1S/C18H20N6O2S/c1-26-16-5-3-2-4-15(16)22-7-9-23(10-8-22)17(25)12-24-20-18(19-21-24)14-6-11-27-13-14/h2-6,11,13H,7-10,12H2,1H3. The van der Waals surface area contributed by atoms with Gasteiger partial charge in [0.1, 0.15) is 12.3 Å². The van der Waals surface area contributed by atoms with Crippen molar-refractivity contribution in [2.45, 2.75) is 6.54 Å². The first kappa shape index (κ1) is 17.5. The second kappa shape index (κ2) is 7.75. The van der Waals surface area contributed by atoms with E-state index in [-0.39, 0.29) is 12.5 Å². The number of benzene rings is 1. The van der Waals surface area contributed by atoms with E-state index in [1.807, 2.05) is 46.0 Å². The smallest absolute Gasteiger partial charge is 0.246 e. The third-order valence-corrected chi connectivity index (χ3v) is 5.25. The summed E-state index contributed by atoms with van der Waals surface area (Å²) in [5.41, 5.74) is 1.98. The minimum atomic E-state index is 0.00365. The number of piperazine rings is 1. The van der Waals surface area contributed by atoms with Crippen LogP contribution in [0.3, 0.4) is 0 Å². The second-order valence-corrected chi connectivity index (χ2v) is 6.98. The van der Waals surface area contributed by atoms with Crippen LogP contribution in [-0.4, -0.2) is 64.3 Å². The van der Waals surface area contributed by atoms with Gasteiger partial charge < -0.3 is 14.5 Å². The largest absolute Gasteiger partial charge is 0.495 e. The maximum atomic E-state index is 12.6. The highest BCUT2D eigenvalue weighted by atomic mass is 32.1. The van der Waals surface area contributed by atoms with Gasteiger partial charge in [-0.15, -0.1) is 10.2 Å². The first-order chi connectivity index (χ1) is 13.2. The van der Waals surface area contributed by atoms with Crippen molar-refractivity contribution in [2.75, 3.05) is 38.2 Å². The summed E-state index contributed by atoms with van der Waals surface area (Å²) in [6.07, 6.45) is 0. The third-order valence-electron chi connectivity index (χ3n) is 4.57. The fourth-order valence-electron chi connectivity index (χ4n) is 3.13. The van der Waals surface area contributed by atoms with Crippen molar-refractivity contribution in [3.8, 4) is 17.1 Å². The van der Waals surface area contributed by atoms with Crippen LogP contribution in [0.4, 0.5) is 5.69 Å². The number of aromatic nitrogens is 4. The Labute approximate surface area is 161 Å². The molecule has 0 radical (unpaired) electrons. The van der Waals surface area contributed by atoms with Crippen molar-refractivity contribution < 1.29 is 9.53 Å². The van der Waals surface area contributed by atoms with Crippen LogP contribution in [-0.2, 0) is 11.3 Å². The van der Waals surface area contributed by atoms with Crippen LogP contribution in [0.15, 0.2) is 41.1 Å². The lowest BCUT2D eigenvalue weighted by Crippen LogP contribution is -2.49. The molecule has 0 aliphatic carbocycles. The van der Waals surface area contributed by atoms with Crippen LogP contribution in [0.2, 0.25) is 0 Å². The van der Waals surface area contributed by atoms with E-state index in [0.717, 1.165) is 30.1 Å². The number of tetrazole rings is 1. The Morgan fingerprint density at radius 1 is 1.19 bits per heavy atom. The summed E-state index contributed by atoms with van der Waals surface area (Å²) in [4.78, 5) is 18.0. The molecule has 0 saturated carbocycles. The maximum absolute atomic E-state index is 12.6. The fourth-order valence-corrected chi connectivity index (χ4v) is 3.76. The second-order valence-electron chi connectivity index (χ2n) is 6.20. The van der Waals surface area contributed by atoms with E-state index in [4.69, 9.17) is 4.74 Å². The van der Waals surface area contributed by atoms with Crippen molar-refractivity contribution in [2.24, 2.45) is 0 Å². The molecule has 2 aromatic heterocycles. The van der Waals surface area contributed by atoms with Gasteiger partial charge in [-0.1, -0.05) is 12.1 Å². The number of nitrogens with zero attached hydrogens (tertiary/aromatic N) is 6. The highest BCUT2D eigenvalue weighted by Gasteiger charge is 2.23. The molecule has 0 N–H and O–H groups in total. The molecular weight excluding hydrogens is 364 g/mol. The molecule has 1 saturated heterocycles. The molecule has 1 aromatic carbocycles. The number of anilines is 1. The zero-order chi connectivity index (χ0) is 18.6. The molecule has 3 aromatic rings. The van der Waals surface area contributed by atoms with Crippen molar-refractivity contribution in [1.29, 1.82) is 0 Å². The van der Waals surface area contributed by atoms with Crippen molar-refractivity contribution >= 4 is 22.9 Å². The van der Waals surface area contributed by atoms with Gasteiger partial charge in [-0.2, -0.15) is 16.1 Å². The average Bonchev–Trinajstić information content (AvgIpc) is 3.40. The summed E-state index contributed by atoms with van der Waals surface area (Å²) in [5.74, 6) is 1.40. The molecule has 1 amide bonds. The lowest BCUT2D eigenvalue weighted by atomic mass is 10.2. The van der Waals surface area contributed by atoms with Crippen LogP contribution >= 0.6 is 11.3 Å². The molecule has 0 bridgehead atoms. The molecule has 0 spiro atoms. The summed E-state index contributed by atoms with van der Waals surface area (Å²) in [5, 5.41) is 16.2. The molecule has 0 unspecified atom stereocenters. The molecule has 3 heterocycles. The summed E-state index contributed by atoms with van der Waals surface area (Å²) in [6.45, 7) is 2.94. The summed E-state index contributed by atoms with van der Waals surface area (Å²) in [7, 11) is 1.67. The van der Waals surface area contributed by atoms with E-state index in [1.165, 1.54) is 4.80 Å². The maximum Gasteiger partial charge on any atom is 0.246 e. The SMILES string of the molecule is COc1ccccc1N1CCN(C(=O)Cn2nnc(-c3ccsc3)n2)CC1. The molecule has 9 heteroatoms. The van der Waals surface area contributed by atoms with E-state index in [2.05, 4.69) is 20.3 Å². The fraction of sp³-hybridized carbons (Fsp3) is 0.333. The van der Waals surface area contributed by atoms with Gasteiger partial charge in [-0.3, -0.25) is 4.79 Å². The van der Waals surface area contributed by atoms with E-state index in [0.29, 0.717) is 18.9 Å². The van der Waals surface area contributed by atoms with Gasteiger partial charge in [0.2, 0.25) is 11.7 Å². The number of methoxy groups -OCH3 is 1. The summed E-state index contributed by atoms with van der Waals surface area (Å²) < 4.78 is 5.44. The van der Waals surface area contributed by atoms with Crippen molar-refractivity contribution in [1.82, 2.24) is 25.1 Å². The van der Waals surface area contributed by atoms with E-state index in [1.54, 1.807) is 18.4 Å². The van der Waals surface area contributed by atoms with Crippen LogP contribution in [0.1, 0.15) is 0 Å². The van der Waals surface area contributed by atoms with Crippen LogP contribution < -0.4 is 9.64 Å². The number of carbonyl (C=O) groups excluding carboxylic acids is 1. The molecule has 140 valence electrons. The van der Waals surface area contributed by atoms with Gasteiger partial charge >= 0.3 is 0 Å². The monoisotopic (exact) mass is 384 g/mol. The number of ether oxygens (including phenoxy) is 1. The normalized spacial score (nSPS) is 14.4. The van der Waals surface area contributed by atoms with E-state index >= 15 is 0 Å². The Hall–Kier alpha value is -2.94. The minimum Gasteiger partial charge on any atom is -0.495 e. The lowest BCUT2D eigenvalue weighted by Gasteiger charge is -2.36. The van der Waals surface area contributed by atoms with Gasteiger partial charge in [-0.25, -0.2) is 0 Å². The Kier molecular flexibility index (Phi) is 5.01. The zero-order valence-electron chi connectivity index (χ0n) is 15.0. The Morgan fingerprint density at radius 3 is 2.74 bits per heavy atom. The highest BCUT2D eigenvalue weighted by molar-refractivity contribution is 7.08. The number of rotatable bonds is 5. The van der Waals surface area contributed by atoms with Crippen molar-refractivity contribution in [3.05, 3.63) is 41.1 Å². The third kappa shape index (κ3) is 3.77. The number of thiophene rings is 1. The Morgan fingerprint density at radius 2 is 2.00 bits per heavy atom. The first-order valence-electron chi connectivity index (χ1n) is 8.71. The molecule has 1 fully saturated rings. The van der Waals surface area contributed by atoms with Crippen LogP contribution in [0.25, 0.3) is 11.4 Å². The van der Waals surface area contributed by atoms with Crippen LogP contribution in [0, 0.1) is 0 Å². The van der Waals surface area contributed by atoms with E-state index < -0.39 is 0 Å². The van der Waals surface area contributed by atoms with Gasteiger partial charge in [-0.05, 0) is 28.8 Å². The summed E-state index contributed by atoms with van der Waals surface area (Å²) in [6, 6.07) is 9.88. The molecule has 0 atom stereocenters. The topological polar surface area (TPSA) is 76.4 Å². The molecule has 1 aliphatic rings. The van der Waals surface area contributed by atoms with Gasteiger partial charge in [0.05, 0.1) is 12.8 Å². The Balaban J connectivity index is 1.35. The van der Waals surface area contributed by atoms with Gasteiger partial charge in [0, 0.05) is 37.1 Å². The lowest BCUT2D eigenvalue weighted by molar-refractivity contribution is -0.132. The van der Waals surface area contributed by atoms with Crippen LogP contribution in [0.5, 0.6) is 5.75 Å². The zero-order valence-corrected chi connectivity index (χ0v) is 15.8. The number of amides is 1. The number of hydrogen-bond acceptors (Lipinski definition) is 7. The highest BCUT2D eigenvalue weighted by Crippen LogP contribution is 2.28. The number of hydrogen-bond donors (Lipinski definition) is 0. The average molecular weight is 384 g/mol. The van der Waals surface area contributed by atoms with Crippen molar-refractivity contribution in [3.63, 3.8) is 0 Å². The molecule has 1 aliphatic heterocycles. The minimum absolute atomic E-state index is 0.00365.